The van der Waals surface area contributed by atoms with E-state index in [4.69, 9.17) is 33.9 Å². The summed E-state index contributed by atoms with van der Waals surface area (Å²) in [6.07, 6.45) is 0. The van der Waals surface area contributed by atoms with E-state index in [1.807, 2.05) is 0 Å². The van der Waals surface area contributed by atoms with E-state index >= 15 is 0 Å². The SMILES string of the molecule is COC(=O)c1cc(Cl)cc(S(=O)(=O)Cl)c1Cl. The Hall–Kier alpha value is -0.490. The highest BCUT2D eigenvalue weighted by Crippen LogP contribution is 2.31. The summed E-state index contributed by atoms with van der Waals surface area (Å²) < 4.78 is 26.7. The molecule has 0 fully saturated rings. The van der Waals surface area contributed by atoms with E-state index < -0.39 is 19.9 Å². The quantitative estimate of drug-likeness (QED) is 0.622. The molecule has 0 radical (unpaired) electrons. The molecule has 0 aliphatic heterocycles. The number of hydrogen-bond acceptors (Lipinski definition) is 4. The zero-order valence-corrected chi connectivity index (χ0v) is 10.9. The summed E-state index contributed by atoms with van der Waals surface area (Å²) >= 11 is 11.4. The van der Waals surface area contributed by atoms with Crippen LogP contribution in [0.4, 0.5) is 0 Å². The Balaban J connectivity index is 3.56. The fourth-order valence-electron chi connectivity index (χ4n) is 1.00. The number of methoxy groups -OCH3 is 1. The molecule has 0 saturated carbocycles. The van der Waals surface area contributed by atoms with Crippen LogP contribution in [0.1, 0.15) is 10.4 Å². The third-order valence-electron chi connectivity index (χ3n) is 1.67. The van der Waals surface area contributed by atoms with Gasteiger partial charge in [0.05, 0.1) is 17.7 Å². The summed E-state index contributed by atoms with van der Waals surface area (Å²) in [6, 6.07) is 2.25. The van der Waals surface area contributed by atoms with Gasteiger partial charge in [-0.15, -0.1) is 0 Å². The van der Waals surface area contributed by atoms with Crippen molar-refractivity contribution in [3.63, 3.8) is 0 Å². The smallest absolute Gasteiger partial charge is 0.339 e. The largest absolute Gasteiger partial charge is 0.465 e. The predicted octanol–water partition coefficient (Wildman–Crippen LogP) is 2.71. The lowest BCUT2D eigenvalue weighted by atomic mass is 10.2. The number of carbonyl (C=O) groups excluding carboxylic acids is 1. The average molecular weight is 304 g/mol. The number of carbonyl (C=O) groups is 1. The third-order valence-corrected chi connectivity index (χ3v) is 3.76. The van der Waals surface area contributed by atoms with Crippen LogP contribution in [-0.2, 0) is 13.8 Å². The van der Waals surface area contributed by atoms with Crippen LogP contribution in [0.2, 0.25) is 10.0 Å². The van der Waals surface area contributed by atoms with Crippen LogP contribution < -0.4 is 0 Å². The molecule has 0 spiro atoms. The molecule has 4 nitrogen and oxygen atoms in total. The number of hydrogen-bond donors (Lipinski definition) is 0. The average Bonchev–Trinajstić information content (AvgIpc) is 2.18. The van der Waals surface area contributed by atoms with Crippen LogP contribution >= 0.6 is 33.9 Å². The van der Waals surface area contributed by atoms with Gasteiger partial charge in [0, 0.05) is 15.7 Å². The Morgan fingerprint density at radius 2 is 1.88 bits per heavy atom. The zero-order valence-electron chi connectivity index (χ0n) is 7.83. The lowest BCUT2D eigenvalue weighted by molar-refractivity contribution is 0.0600. The van der Waals surface area contributed by atoms with Crippen LogP contribution in [0.25, 0.3) is 0 Å². The molecule has 1 rings (SSSR count). The molecule has 0 aromatic heterocycles. The Morgan fingerprint density at radius 1 is 1.31 bits per heavy atom. The van der Waals surface area contributed by atoms with Gasteiger partial charge in [0.2, 0.25) is 0 Å². The van der Waals surface area contributed by atoms with E-state index in [1.165, 1.54) is 6.07 Å². The maximum absolute atomic E-state index is 11.3. The van der Waals surface area contributed by atoms with Gasteiger partial charge in [0.1, 0.15) is 4.90 Å². The first-order chi connectivity index (χ1) is 7.27. The summed E-state index contributed by atoms with van der Waals surface area (Å²) in [4.78, 5) is 10.8. The Morgan fingerprint density at radius 3 is 2.31 bits per heavy atom. The van der Waals surface area contributed by atoms with Crippen molar-refractivity contribution >= 4 is 48.9 Å². The van der Waals surface area contributed by atoms with Gasteiger partial charge < -0.3 is 4.74 Å². The molecule has 0 atom stereocenters. The fraction of sp³-hybridized carbons (Fsp3) is 0.125. The third kappa shape index (κ3) is 2.79. The number of rotatable bonds is 2. The topological polar surface area (TPSA) is 60.4 Å². The minimum Gasteiger partial charge on any atom is -0.465 e. The molecule has 0 unspecified atom stereocenters. The standard InChI is InChI=1S/C8H5Cl3O4S/c1-15-8(12)5-2-4(9)3-6(7(5)10)16(11,13)14/h2-3H,1H3. The number of ether oxygens (including phenoxy) is 1. The monoisotopic (exact) mass is 302 g/mol. The second-order valence-corrected chi connectivity index (χ2v) is 6.04. The maximum Gasteiger partial charge on any atom is 0.339 e. The van der Waals surface area contributed by atoms with Crippen molar-refractivity contribution in [1.82, 2.24) is 0 Å². The Kier molecular flexibility index (Phi) is 4.07. The van der Waals surface area contributed by atoms with Gasteiger partial charge >= 0.3 is 5.97 Å². The molecular weight excluding hydrogens is 299 g/mol. The molecule has 0 bridgehead atoms. The molecule has 1 aromatic rings. The molecule has 8 heteroatoms. The van der Waals surface area contributed by atoms with Gasteiger partial charge in [-0.25, -0.2) is 13.2 Å². The number of esters is 1. The van der Waals surface area contributed by atoms with E-state index in [2.05, 4.69) is 4.74 Å². The first kappa shape index (κ1) is 13.6. The van der Waals surface area contributed by atoms with Crippen molar-refractivity contribution in [2.45, 2.75) is 4.90 Å². The normalized spacial score (nSPS) is 11.2. The van der Waals surface area contributed by atoms with Crippen LogP contribution in [-0.4, -0.2) is 21.5 Å². The van der Waals surface area contributed by atoms with Crippen LogP contribution in [0.3, 0.4) is 0 Å². The fourth-order valence-corrected chi connectivity index (χ4v) is 2.85. The van der Waals surface area contributed by atoms with Gasteiger partial charge in [-0.1, -0.05) is 23.2 Å². The highest BCUT2D eigenvalue weighted by molar-refractivity contribution is 8.13. The Bertz CT molecular complexity index is 538. The number of benzene rings is 1. The molecule has 0 aliphatic carbocycles. The maximum atomic E-state index is 11.3. The molecule has 0 saturated heterocycles. The van der Waals surface area contributed by atoms with E-state index in [1.54, 1.807) is 0 Å². The van der Waals surface area contributed by atoms with Gasteiger partial charge in [0.25, 0.3) is 9.05 Å². The van der Waals surface area contributed by atoms with Crippen molar-refractivity contribution in [3.8, 4) is 0 Å². The van der Waals surface area contributed by atoms with Crippen molar-refractivity contribution in [1.29, 1.82) is 0 Å². The highest BCUT2D eigenvalue weighted by atomic mass is 35.7. The van der Waals surface area contributed by atoms with E-state index in [9.17, 15) is 13.2 Å². The molecule has 0 heterocycles. The van der Waals surface area contributed by atoms with E-state index in [0.717, 1.165) is 13.2 Å². The van der Waals surface area contributed by atoms with Crippen molar-refractivity contribution in [3.05, 3.63) is 27.7 Å². The molecule has 0 N–H and O–H groups in total. The molecule has 0 amide bonds. The molecule has 16 heavy (non-hydrogen) atoms. The van der Waals surface area contributed by atoms with Crippen molar-refractivity contribution < 1.29 is 17.9 Å². The van der Waals surface area contributed by atoms with Gasteiger partial charge in [-0.3, -0.25) is 0 Å². The second kappa shape index (κ2) is 4.79. The molecule has 1 aromatic carbocycles. The summed E-state index contributed by atoms with van der Waals surface area (Å²) in [5.74, 6) is -0.797. The molecular formula is C8H5Cl3O4S. The van der Waals surface area contributed by atoms with Gasteiger partial charge in [-0.2, -0.15) is 0 Å². The van der Waals surface area contributed by atoms with Crippen molar-refractivity contribution in [2.75, 3.05) is 7.11 Å². The minimum atomic E-state index is -4.07. The highest BCUT2D eigenvalue weighted by Gasteiger charge is 2.22. The predicted molar refractivity (Wildman–Crippen MR) is 60.8 cm³/mol. The molecule has 0 aliphatic rings. The van der Waals surface area contributed by atoms with E-state index in [0.29, 0.717) is 0 Å². The lowest BCUT2D eigenvalue weighted by Crippen LogP contribution is -2.05. The first-order valence-electron chi connectivity index (χ1n) is 3.79. The van der Waals surface area contributed by atoms with E-state index in [-0.39, 0.29) is 15.6 Å². The summed E-state index contributed by atoms with van der Waals surface area (Å²) in [5.41, 5.74) is -0.157. The van der Waals surface area contributed by atoms with Gasteiger partial charge in [-0.05, 0) is 12.1 Å². The van der Waals surface area contributed by atoms with Crippen LogP contribution in [0.5, 0.6) is 0 Å². The second-order valence-electron chi connectivity index (χ2n) is 2.69. The van der Waals surface area contributed by atoms with Crippen LogP contribution in [0.15, 0.2) is 17.0 Å². The van der Waals surface area contributed by atoms with Gasteiger partial charge in [0.15, 0.2) is 0 Å². The Labute approximate surface area is 106 Å². The number of halogens is 3. The summed E-state index contributed by atoms with van der Waals surface area (Å²) in [5, 5.41) is -0.296. The van der Waals surface area contributed by atoms with Crippen LogP contribution in [0, 0.1) is 0 Å². The first-order valence-corrected chi connectivity index (χ1v) is 6.86. The summed E-state index contributed by atoms with van der Waals surface area (Å²) in [6.45, 7) is 0. The lowest BCUT2D eigenvalue weighted by Gasteiger charge is -2.06. The van der Waals surface area contributed by atoms with Crippen molar-refractivity contribution in [2.24, 2.45) is 0 Å². The minimum absolute atomic E-state index is 0.0176. The summed E-state index contributed by atoms with van der Waals surface area (Å²) in [7, 11) is 2.19. The molecule has 88 valence electrons. The zero-order chi connectivity index (χ0) is 12.5.